The molecule has 0 saturated carbocycles. The number of benzene rings is 2. The lowest BCUT2D eigenvalue weighted by molar-refractivity contribution is 0.910. The van der Waals surface area contributed by atoms with Crippen LogP contribution in [0.15, 0.2) is 63.9 Å². The van der Waals surface area contributed by atoms with Crippen molar-refractivity contribution >= 4 is 26.7 Å². The van der Waals surface area contributed by atoms with Crippen LogP contribution in [0.2, 0.25) is 0 Å². The summed E-state index contributed by atoms with van der Waals surface area (Å²) < 4.78 is 0.924. The van der Waals surface area contributed by atoms with Crippen LogP contribution in [0, 0.1) is 0 Å². The summed E-state index contributed by atoms with van der Waals surface area (Å²) in [5.41, 5.74) is 2.24. The number of hydrogen-bond acceptors (Lipinski definition) is 1. The zero-order valence-electron chi connectivity index (χ0n) is 10.9. The lowest BCUT2D eigenvalue weighted by atomic mass is 10.1. The third-order valence-corrected chi connectivity index (χ3v) is 3.88. The number of halogens is 1. The highest BCUT2D eigenvalue weighted by Crippen LogP contribution is 2.17. The van der Waals surface area contributed by atoms with Gasteiger partial charge in [-0.3, -0.25) is 4.79 Å². The number of nitrogens with one attached hydrogen (secondary N) is 1. The maximum absolute atomic E-state index is 12.1. The Hall–Kier alpha value is -1.87. The molecule has 0 amide bonds. The predicted molar refractivity (Wildman–Crippen MR) is 86.1 cm³/mol. The molecule has 0 aliphatic rings. The van der Waals surface area contributed by atoms with E-state index in [0.29, 0.717) is 0 Å². The molecule has 0 fully saturated rings. The van der Waals surface area contributed by atoms with Gasteiger partial charge in [-0.15, -0.1) is 0 Å². The molecule has 0 bridgehead atoms. The summed E-state index contributed by atoms with van der Waals surface area (Å²) in [7, 11) is 0. The fourth-order valence-electron chi connectivity index (χ4n) is 2.35. The van der Waals surface area contributed by atoms with Gasteiger partial charge in [0, 0.05) is 15.6 Å². The molecule has 1 N–H and O–H groups in total. The van der Waals surface area contributed by atoms with Crippen LogP contribution in [-0.2, 0) is 12.8 Å². The van der Waals surface area contributed by atoms with Crippen molar-refractivity contribution < 1.29 is 0 Å². The van der Waals surface area contributed by atoms with Crippen molar-refractivity contribution in [3.63, 3.8) is 0 Å². The molecule has 20 heavy (non-hydrogen) atoms. The van der Waals surface area contributed by atoms with Crippen molar-refractivity contribution in [3.05, 3.63) is 80.7 Å². The molecular formula is C17H14BrNO. The van der Waals surface area contributed by atoms with Crippen LogP contribution in [0.1, 0.15) is 11.3 Å². The van der Waals surface area contributed by atoms with Gasteiger partial charge < -0.3 is 4.98 Å². The highest BCUT2D eigenvalue weighted by Gasteiger charge is 2.03. The number of hydrogen-bond donors (Lipinski definition) is 1. The van der Waals surface area contributed by atoms with E-state index in [4.69, 9.17) is 0 Å². The van der Waals surface area contributed by atoms with Gasteiger partial charge in [-0.25, -0.2) is 0 Å². The Morgan fingerprint density at radius 1 is 0.950 bits per heavy atom. The smallest absolute Gasteiger partial charge is 0.256 e. The minimum absolute atomic E-state index is 0.0214. The number of fused-ring (bicyclic) bond motifs is 1. The van der Waals surface area contributed by atoms with E-state index in [2.05, 4.69) is 39.1 Å². The second kappa shape index (κ2) is 5.63. The second-order valence-electron chi connectivity index (χ2n) is 4.84. The molecule has 100 valence electrons. The lowest BCUT2D eigenvalue weighted by Crippen LogP contribution is -2.10. The number of rotatable bonds is 3. The first-order chi connectivity index (χ1) is 9.72. The SMILES string of the molecule is O=c1[nH]c(CCc2ccccc2)cc2ccc(Br)cc12. The molecule has 0 radical (unpaired) electrons. The highest BCUT2D eigenvalue weighted by molar-refractivity contribution is 9.10. The standard InChI is InChI=1S/C17H14BrNO/c18-14-8-7-13-10-15(19-17(20)16(13)11-14)9-6-12-4-2-1-3-5-12/h1-5,7-8,10-11H,6,9H2,(H,19,20). The molecule has 1 heterocycles. The second-order valence-corrected chi connectivity index (χ2v) is 5.76. The van der Waals surface area contributed by atoms with E-state index in [-0.39, 0.29) is 5.56 Å². The molecule has 2 aromatic carbocycles. The van der Waals surface area contributed by atoms with E-state index in [9.17, 15) is 4.79 Å². The van der Waals surface area contributed by atoms with Crippen LogP contribution in [0.5, 0.6) is 0 Å². The molecule has 3 aromatic rings. The number of H-pyrrole nitrogens is 1. The highest BCUT2D eigenvalue weighted by atomic mass is 79.9. The lowest BCUT2D eigenvalue weighted by Gasteiger charge is -2.05. The molecule has 2 nitrogen and oxygen atoms in total. The average molecular weight is 328 g/mol. The van der Waals surface area contributed by atoms with Gasteiger partial charge in [0.05, 0.1) is 0 Å². The zero-order valence-corrected chi connectivity index (χ0v) is 12.5. The predicted octanol–water partition coefficient (Wildman–Crippen LogP) is 4.08. The van der Waals surface area contributed by atoms with Crippen molar-refractivity contribution in [1.82, 2.24) is 4.98 Å². The first-order valence-corrected chi connectivity index (χ1v) is 7.37. The Kier molecular flexibility index (Phi) is 3.70. The molecule has 0 saturated heterocycles. The van der Waals surface area contributed by atoms with E-state index < -0.39 is 0 Å². The van der Waals surface area contributed by atoms with E-state index in [1.807, 2.05) is 36.4 Å². The fourth-order valence-corrected chi connectivity index (χ4v) is 2.71. The van der Waals surface area contributed by atoms with Gasteiger partial charge in [-0.1, -0.05) is 52.3 Å². The molecule has 0 aliphatic heterocycles. The minimum atomic E-state index is -0.0214. The van der Waals surface area contributed by atoms with Crippen molar-refractivity contribution in [3.8, 4) is 0 Å². The van der Waals surface area contributed by atoms with Gasteiger partial charge >= 0.3 is 0 Å². The molecule has 0 unspecified atom stereocenters. The summed E-state index contributed by atoms with van der Waals surface area (Å²) in [6.45, 7) is 0. The van der Waals surface area contributed by atoms with Crippen LogP contribution in [0.4, 0.5) is 0 Å². The van der Waals surface area contributed by atoms with Crippen LogP contribution < -0.4 is 5.56 Å². The van der Waals surface area contributed by atoms with Crippen LogP contribution in [-0.4, -0.2) is 4.98 Å². The van der Waals surface area contributed by atoms with Gasteiger partial charge in [-0.05, 0) is 42.0 Å². The Bertz CT molecular complexity index is 793. The normalized spacial score (nSPS) is 10.8. The van der Waals surface area contributed by atoms with E-state index >= 15 is 0 Å². The van der Waals surface area contributed by atoms with Crippen molar-refractivity contribution in [2.24, 2.45) is 0 Å². The maximum Gasteiger partial charge on any atom is 0.256 e. The molecule has 1 aromatic heterocycles. The number of aromatic amines is 1. The zero-order chi connectivity index (χ0) is 13.9. The largest absolute Gasteiger partial charge is 0.326 e. The molecule has 3 rings (SSSR count). The molecule has 0 spiro atoms. The van der Waals surface area contributed by atoms with Crippen molar-refractivity contribution in [2.75, 3.05) is 0 Å². The van der Waals surface area contributed by atoms with E-state index in [1.165, 1.54) is 5.56 Å². The summed E-state index contributed by atoms with van der Waals surface area (Å²) in [6, 6.07) is 18.2. The van der Waals surface area contributed by atoms with Crippen LogP contribution in [0.25, 0.3) is 10.8 Å². The minimum Gasteiger partial charge on any atom is -0.326 e. The summed E-state index contributed by atoms with van der Waals surface area (Å²) in [4.78, 5) is 15.1. The Morgan fingerprint density at radius 2 is 1.75 bits per heavy atom. The third-order valence-electron chi connectivity index (χ3n) is 3.39. The quantitative estimate of drug-likeness (QED) is 0.772. The number of pyridine rings is 1. The number of aromatic nitrogens is 1. The summed E-state index contributed by atoms with van der Waals surface area (Å²) >= 11 is 3.39. The van der Waals surface area contributed by atoms with Crippen molar-refractivity contribution in [1.29, 1.82) is 0 Å². The van der Waals surface area contributed by atoms with Crippen LogP contribution >= 0.6 is 15.9 Å². The topological polar surface area (TPSA) is 32.9 Å². The van der Waals surface area contributed by atoms with Gasteiger partial charge in [0.15, 0.2) is 0 Å². The number of aryl methyl sites for hydroxylation is 2. The maximum atomic E-state index is 12.1. The van der Waals surface area contributed by atoms with Gasteiger partial charge in [0.2, 0.25) is 0 Å². The fraction of sp³-hybridized carbons (Fsp3) is 0.118. The molecule has 0 atom stereocenters. The molecular weight excluding hydrogens is 314 g/mol. The summed E-state index contributed by atoms with van der Waals surface area (Å²) in [5.74, 6) is 0. The molecule has 3 heteroatoms. The first-order valence-electron chi connectivity index (χ1n) is 6.58. The van der Waals surface area contributed by atoms with Crippen molar-refractivity contribution in [2.45, 2.75) is 12.8 Å². The van der Waals surface area contributed by atoms with E-state index in [0.717, 1.165) is 33.8 Å². The summed E-state index contributed by atoms with van der Waals surface area (Å²) in [6.07, 6.45) is 1.77. The van der Waals surface area contributed by atoms with Gasteiger partial charge in [-0.2, -0.15) is 0 Å². The van der Waals surface area contributed by atoms with Crippen LogP contribution in [0.3, 0.4) is 0 Å². The third kappa shape index (κ3) is 2.83. The first kappa shape index (κ1) is 13.1. The Balaban J connectivity index is 1.89. The monoisotopic (exact) mass is 327 g/mol. The molecule has 0 aliphatic carbocycles. The van der Waals surface area contributed by atoms with Gasteiger partial charge in [0.1, 0.15) is 0 Å². The Labute approximate surface area is 125 Å². The van der Waals surface area contributed by atoms with E-state index in [1.54, 1.807) is 0 Å². The summed E-state index contributed by atoms with van der Waals surface area (Å²) in [5, 5.41) is 1.71. The average Bonchev–Trinajstić information content (AvgIpc) is 2.47. The van der Waals surface area contributed by atoms with Gasteiger partial charge in [0.25, 0.3) is 5.56 Å². The Morgan fingerprint density at radius 3 is 2.55 bits per heavy atom.